The first-order valence-corrected chi connectivity index (χ1v) is 7.58. The van der Waals surface area contributed by atoms with Gasteiger partial charge in [0.15, 0.2) is 0 Å². The van der Waals surface area contributed by atoms with Crippen LogP contribution in [0.4, 0.5) is 0 Å². The number of hydrogen-bond acceptors (Lipinski definition) is 3. The van der Waals surface area contributed by atoms with E-state index in [1.54, 1.807) is 0 Å². The SMILES string of the molecule is CCc1nn(C)c(CC(COc2ccccc2)NC)c1Cl. The zero-order valence-electron chi connectivity index (χ0n) is 12.8. The maximum Gasteiger partial charge on any atom is 0.119 e. The molecule has 0 aliphatic heterocycles. The van der Waals surface area contributed by atoms with Gasteiger partial charge in [-0.3, -0.25) is 4.68 Å². The van der Waals surface area contributed by atoms with Gasteiger partial charge < -0.3 is 10.1 Å². The Hall–Kier alpha value is -1.52. The monoisotopic (exact) mass is 307 g/mol. The molecule has 1 aromatic heterocycles. The zero-order valence-corrected chi connectivity index (χ0v) is 13.5. The number of benzene rings is 1. The predicted molar refractivity (Wildman–Crippen MR) is 86.1 cm³/mol. The lowest BCUT2D eigenvalue weighted by atomic mass is 10.1. The summed E-state index contributed by atoms with van der Waals surface area (Å²) in [5.41, 5.74) is 2.00. The van der Waals surface area contributed by atoms with E-state index < -0.39 is 0 Å². The number of rotatable bonds is 7. The van der Waals surface area contributed by atoms with Gasteiger partial charge in [-0.25, -0.2) is 0 Å². The first-order valence-electron chi connectivity index (χ1n) is 7.21. The quantitative estimate of drug-likeness (QED) is 0.855. The highest BCUT2D eigenvalue weighted by atomic mass is 35.5. The molecule has 0 spiro atoms. The number of hydrogen-bond donors (Lipinski definition) is 1. The van der Waals surface area contributed by atoms with Crippen molar-refractivity contribution in [1.82, 2.24) is 15.1 Å². The van der Waals surface area contributed by atoms with Crippen molar-refractivity contribution >= 4 is 11.6 Å². The third-order valence-electron chi connectivity index (χ3n) is 3.55. The van der Waals surface area contributed by atoms with Crippen LogP contribution in [0.25, 0.3) is 0 Å². The highest BCUT2D eigenvalue weighted by molar-refractivity contribution is 6.31. The van der Waals surface area contributed by atoms with Crippen LogP contribution >= 0.6 is 11.6 Å². The minimum absolute atomic E-state index is 0.183. The Morgan fingerprint density at radius 2 is 2.05 bits per heavy atom. The molecular weight excluding hydrogens is 286 g/mol. The highest BCUT2D eigenvalue weighted by Gasteiger charge is 2.17. The standard InChI is InChI=1S/C16H22ClN3O/c1-4-14-16(17)15(20(3)19-14)10-12(18-2)11-21-13-8-6-5-7-9-13/h5-9,12,18H,4,10-11H2,1-3H3. The van der Waals surface area contributed by atoms with Crippen molar-refractivity contribution in [1.29, 1.82) is 0 Å². The second-order valence-electron chi connectivity index (χ2n) is 5.00. The van der Waals surface area contributed by atoms with Crippen LogP contribution in [0.15, 0.2) is 30.3 Å². The van der Waals surface area contributed by atoms with Gasteiger partial charge in [-0.1, -0.05) is 36.7 Å². The molecule has 1 heterocycles. The molecule has 2 rings (SSSR count). The van der Waals surface area contributed by atoms with Crippen molar-refractivity contribution in [3.63, 3.8) is 0 Å². The van der Waals surface area contributed by atoms with Crippen molar-refractivity contribution in [2.24, 2.45) is 7.05 Å². The van der Waals surface area contributed by atoms with Gasteiger partial charge >= 0.3 is 0 Å². The van der Waals surface area contributed by atoms with Gasteiger partial charge in [-0.2, -0.15) is 5.10 Å². The molecule has 0 amide bonds. The van der Waals surface area contributed by atoms with E-state index in [9.17, 15) is 0 Å². The Balaban J connectivity index is 2.01. The lowest BCUT2D eigenvalue weighted by molar-refractivity contribution is 0.268. The number of ether oxygens (including phenoxy) is 1. The van der Waals surface area contributed by atoms with E-state index >= 15 is 0 Å². The van der Waals surface area contributed by atoms with E-state index in [-0.39, 0.29) is 6.04 Å². The lowest BCUT2D eigenvalue weighted by Crippen LogP contribution is -2.34. The number of likely N-dealkylation sites (N-methyl/N-ethyl adjacent to an activating group) is 1. The van der Waals surface area contributed by atoms with Crippen LogP contribution in [-0.2, 0) is 19.9 Å². The smallest absolute Gasteiger partial charge is 0.119 e. The fourth-order valence-electron chi connectivity index (χ4n) is 2.23. The van der Waals surface area contributed by atoms with Gasteiger partial charge in [0.2, 0.25) is 0 Å². The second kappa shape index (κ2) is 7.48. The summed E-state index contributed by atoms with van der Waals surface area (Å²) in [4.78, 5) is 0. The van der Waals surface area contributed by atoms with Crippen molar-refractivity contribution < 1.29 is 4.74 Å². The Morgan fingerprint density at radius 1 is 1.33 bits per heavy atom. The van der Waals surface area contributed by atoms with Gasteiger partial charge in [-0.05, 0) is 25.6 Å². The average Bonchev–Trinajstić information content (AvgIpc) is 2.79. The number of nitrogens with one attached hydrogen (secondary N) is 1. The van der Waals surface area contributed by atoms with Gasteiger partial charge in [0.25, 0.3) is 0 Å². The van der Waals surface area contributed by atoms with Crippen LogP contribution in [-0.4, -0.2) is 29.5 Å². The van der Waals surface area contributed by atoms with Gasteiger partial charge in [0, 0.05) is 19.5 Å². The lowest BCUT2D eigenvalue weighted by Gasteiger charge is -2.17. The molecule has 0 fully saturated rings. The summed E-state index contributed by atoms with van der Waals surface area (Å²) in [5, 5.41) is 8.51. The van der Waals surface area contributed by atoms with Crippen LogP contribution < -0.4 is 10.1 Å². The topological polar surface area (TPSA) is 39.1 Å². The molecule has 0 aliphatic carbocycles. The summed E-state index contributed by atoms with van der Waals surface area (Å²) in [6, 6.07) is 10.0. The largest absolute Gasteiger partial charge is 0.492 e. The molecule has 2 aromatic rings. The number of nitrogens with zero attached hydrogens (tertiary/aromatic N) is 2. The van der Waals surface area contributed by atoms with Crippen LogP contribution in [0.1, 0.15) is 18.3 Å². The van der Waals surface area contributed by atoms with Crippen molar-refractivity contribution in [2.75, 3.05) is 13.7 Å². The third-order valence-corrected chi connectivity index (χ3v) is 3.98. The molecule has 0 saturated carbocycles. The summed E-state index contributed by atoms with van der Waals surface area (Å²) in [6.07, 6.45) is 1.63. The molecule has 0 aliphatic rings. The van der Waals surface area contributed by atoms with Gasteiger partial charge in [0.05, 0.1) is 16.4 Å². The molecule has 0 radical (unpaired) electrons. The van der Waals surface area contributed by atoms with E-state index in [2.05, 4.69) is 17.3 Å². The third kappa shape index (κ3) is 3.99. The number of halogens is 1. The fraction of sp³-hybridized carbons (Fsp3) is 0.438. The molecule has 1 unspecified atom stereocenters. The Labute approximate surface area is 131 Å². The molecule has 1 aromatic carbocycles. The van der Waals surface area contributed by atoms with E-state index in [0.29, 0.717) is 6.61 Å². The van der Waals surface area contributed by atoms with Crippen molar-refractivity contribution in [2.45, 2.75) is 25.8 Å². The molecule has 5 heteroatoms. The predicted octanol–water partition coefficient (Wildman–Crippen LogP) is 2.85. The zero-order chi connectivity index (χ0) is 15.2. The number of para-hydroxylation sites is 1. The van der Waals surface area contributed by atoms with Crippen molar-refractivity contribution in [3.8, 4) is 5.75 Å². The number of aryl methyl sites for hydroxylation is 2. The summed E-state index contributed by atoms with van der Waals surface area (Å²) in [6.45, 7) is 2.65. The van der Waals surface area contributed by atoms with Crippen LogP contribution in [0.3, 0.4) is 0 Å². The molecule has 1 N–H and O–H groups in total. The maximum absolute atomic E-state index is 6.40. The minimum Gasteiger partial charge on any atom is -0.492 e. The molecule has 4 nitrogen and oxygen atoms in total. The minimum atomic E-state index is 0.183. The summed E-state index contributed by atoms with van der Waals surface area (Å²) in [5.74, 6) is 0.878. The molecule has 0 saturated heterocycles. The Bertz CT molecular complexity index is 568. The molecule has 0 bridgehead atoms. The normalized spacial score (nSPS) is 12.4. The van der Waals surface area contributed by atoms with Crippen LogP contribution in [0.5, 0.6) is 5.75 Å². The van der Waals surface area contributed by atoms with Gasteiger partial charge in [-0.15, -0.1) is 0 Å². The van der Waals surface area contributed by atoms with E-state index in [1.807, 2.05) is 49.1 Å². The first kappa shape index (κ1) is 15.9. The van der Waals surface area contributed by atoms with Crippen LogP contribution in [0, 0.1) is 0 Å². The van der Waals surface area contributed by atoms with Crippen molar-refractivity contribution in [3.05, 3.63) is 46.7 Å². The molecule has 21 heavy (non-hydrogen) atoms. The Kier molecular flexibility index (Phi) is 5.65. The summed E-state index contributed by atoms with van der Waals surface area (Å²) in [7, 11) is 3.87. The summed E-state index contributed by atoms with van der Waals surface area (Å²) >= 11 is 6.40. The maximum atomic E-state index is 6.40. The van der Waals surface area contributed by atoms with E-state index in [1.165, 1.54) is 0 Å². The average molecular weight is 308 g/mol. The highest BCUT2D eigenvalue weighted by Crippen LogP contribution is 2.22. The fourth-order valence-corrected chi connectivity index (χ4v) is 2.60. The number of aromatic nitrogens is 2. The second-order valence-corrected chi connectivity index (χ2v) is 5.38. The summed E-state index contributed by atoms with van der Waals surface area (Å²) < 4.78 is 7.68. The molecular formula is C16H22ClN3O. The van der Waals surface area contributed by atoms with Gasteiger partial charge in [0.1, 0.15) is 12.4 Å². The Morgan fingerprint density at radius 3 is 2.62 bits per heavy atom. The first-order chi connectivity index (χ1) is 10.2. The molecule has 1 atom stereocenters. The van der Waals surface area contributed by atoms with E-state index in [0.717, 1.165) is 35.0 Å². The van der Waals surface area contributed by atoms with E-state index in [4.69, 9.17) is 16.3 Å². The van der Waals surface area contributed by atoms with Crippen LogP contribution in [0.2, 0.25) is 5.02 Å². The molecule has 114 valence electrons.